The van der Waals surface area contributed by atoms with E-state index in [1.165, 1.54) is 14.0 Å². The first kappa shape index (κ1) is 16.7. The van der Waals surface area contributed by atoms with Gasteiger partial charge in [0.05, 0.1) is 7.11 Å². The summed E-state index contributed by atoms with van der Waals surface area (Å²) in [4.78, 5) is 11.4. The van der Waals surface area contributed by atoms with E-state index in [4.69, 9.17) is 0 Å². The molecule has 0 bridgehead atoms. The second kappa shape index (κ2) is 7.54. The molecule has 22 heavy (non-hydrogen) atoms. The Kier molecular flexibility index (Phi) is 5.72. The number of alkyl halides is 1. The molecule has 3 nitrogen and oxygen atoms in total. The largest absolute Gasteiger partial charge is 0.467 e. The van der Waals surface area contributed by atoms with Crippen molar-refractivity contribution in [1.82, 2.24) is 5.32 Å². The summed E-state index contributed by atoms with van der Waals surface area (Å²) in [6, 6.07) is 7.65. The van der Waals surface area contributed by atoms with Crippen LogP contribution in [0.3, 0.4) is 0 Å². The first-order chi connectivity index (χ1) is 10.5. The number of hydrogen-bond acceptors (Lipinski definition) is 3. The summed E-state index contributed by atoms with van der Waals surface area (Å²) in [5.74, 6) is -0.227. The Morgan fingerprint density at radius 2 is 2.18 bits per heavy atom. The lowest BCUT2D eigenvalue weighted by Gasteiger charge is -2.19. The molecule has 1 aromatic rings. The van der Waals surface area contributed by atoms with E-state index in [-0.39, 0.29) is 6.42 Å². The van der Waals surface area contributed by atoms with E-state index in [9.17, 15) is 9.18 Å². The van der Waals surface area contributed by atoms with Crippen LogP contribution < -0.4 is 5.32 Å². The number of carbonyl (C=O) groups is 1. The second-order valence-electron chi connectivity index (χ2n) is 6.06. The molecule has 1 aliphatic heterocycles. The number of nitrogens with one attached hydrogen (secondary N) is 1. The Morgan fingerprint density at radius 3 is 2.86 bits per heavy atom. The molecule has 0 aromatic heterocycles. The Balaban J connectivity index is 2.03. The average Bonchev–Trinajstić information content (AvgIpc) is 2.53. The highest BCUT2D eigenvalue weighted by Crippen LogP contribution is 2.21. The zero-order valence-electron chi connectivity index (χ0n) is 13.3. The lowest BCUT2D eigenvalue weighted by molar-refractivity contribution is -0.153. The summed E-state index contributed by atoms with van der Waals surface area (Å²) in [6.07, 6.45) is 6.65. The van der Waals surface area contributed by atoms with Crippen LogP contribution in [0.15, 0.2) is 30.3 Å². The van der Waals surface area contributed by atoms with Gasteiger partial charge < -0.3 is 10.1 Å². The zero-order chi connectivity index (χ0) is 16.0. The minimum atomic E-state index is -1.99. The van der Waals surface area contributed by atoms with Crippen LogP contribution in [0, 0.1) is 5.92 Å². The van der Waals surface area contributed by atoms with E-state index in [1.54, 1.807) is 0 Å². The van der Waals surface area contributed by atoms with Gasteiger partial charge in [-0.05, 0) is 49.9 Å². The molecule has 1 heterocycles. The van der Waals surface area contributed by atoms with E-state index >= 15 is 0 Å². The number of hydrogen-bond donors (Lipinski definition) is 1. The maximum absolute atomic E-state index is 14.3. The zero-order valence-corrected chi connectivity index (χ0v) is 13.3. The van der Waals surface area contributed by atoms with Crippen LogP contribution in [0.1, 0.15) is 30.9 Å². The first-order valence-electron chi connectivity index (χ1n) is 7.76. The summed E-state index contributed by atoms with van der Waals surface area (Å²) < 4.78 is 18.8. The average molecular weight is 305 g/mol. The molecule has 1 aliphatic rings. The molecule has 0 aliphatic carbocycles. The summed E-state index contributed by atoms with van der Waals surface area (Å²) >= 11 is 0. The Bertz CT molecular complexity index is 534. The molecule has 1 saturated heterocycles. The topological polar surface area (TPSA) is 38.3 Å². The number of esters is 1. The van der Waals surface area contributed by atoms with Gasteiger partial charge in [0.25, 0.3) is 0 Å². The molecular formula is C18H24FNO2. The summed E-state index contributed by atoms with van der Waals surface area (Å²) in [7, 11) is 1.21. The van der Waals surface area contributed by atoms with Crippen LogP contribution in [0.25, 0.3) is 6.08 Å². The van der Waals surface area contributed by atoms with E-state index in [0.717, 1.165) is 37.1 Å². The molecule has 1 aromatic carbocycles. The minimum Gasteiger partial charge on any atom is -0.467 e. The van der Waals surface area contributed by atoms with E-state index in [0.29, 0.717) is 5.92 Å². The molecule has 1 N–H and O–H groups in total. The van der Waals surface area contributed by atoms with Crippen molar-refractivity contribution in [2.45, 2.75) is 31.9 Å². The number of piperidine rings is 1. The van der Waals surface area contributed by atoms with Crippen molar-refractivity contribution in [3.63, 3.8) is 0 Å². The van der Waals surface area contributed by atoms with Gasteiger partial charge in [-0.2, -0.15) is 0 Å². The number of methoxy groups -OCH3 is 1. The third kappa shape index (κ3) is 4.67. The Hall–Kier alpha value is -1.68. The van der Waals surface area contributed by atoms with Gasteiger partial charge in [0.1, 0.15) is 0 Å². The van der Waals surface area contributed by atoms with Gasteiger partial charge in [-0.1, -0.05) is 36.4 Å². The molecule has 0 spiro atoms. The molecule has 0 saturated carbocycles. The van der Waals surface area contributed by atoms with Crippen molar-refractivity contribution in [3.8, 4) is 0 Å². The fourth-order valence-corrected chi connectivity index (χ4v) is 2.76. The third-order valence-electron chi connectivity index (χ3n) is 4.04. The molecular weight excluding hydrogens is 281 g/mol. The minimum absolute atomic E-state index is 0.0225. The van der Waals surface area contributed by atoms with Crippen molar-refractivity contribution >= 4 is 12.0 Å². The summed E-state index contributed by atoms with van der Waals surface area (Å²) in [6.45, 7) is 3.39. The number of ether oxygens (including phenoxy) is 1. The van der Waals surface area contributed by atoms with E-state index in [2.05, 4.69) is 22.2 Å². The van der Waals surface area contributed by atoms with Gasteiger partial charge in [-0.15, -0.1) is 0 Å². The van der Waals surface area contributed by atoms with Crippen molar-refractivity contribution in [1.29, 1.82) is 0 Å². The molecule has 2 rings (SSSR count). The van der Waals surface area contributed by atoms with Crippen molar-refractivity contribution in [2.75, 3.05) is 20.2 Å². The highest BCUT2D eigenvalue weighted by atomic mass is 19.1. The van der Waals surface area contributed by atoms with Gasteiger partial charge in [-0.25, -0.2) is 9.18 Å². The standard InChI is InChI=1S/C18H24FNO2/c1-18(19,17(21)22-2)13-16-5-3-4-15(12-16)7-6-14-8-10-20-11-9-14/h3-7,12,14,20H,8-11,13H2,1-2H3/b7-6+. The van der Waals surface area contributed by atoms with Crippen LogP contribution in [0.4, 0.5) is 4.39 Å². The molecule has 0 radical (unpaired) electrons. The van der Waals surface area contributed by atoms with Crippen molar-refractivity contribution in [2.24, 2.45) is 5.92 Å². The van der Waals surface area contributed by atoms with Gasteiger partial charge >= 0.3 is 5.97 Å². The molecule has 0 amide bonds. The summed E-state index contributed by atoms with van der Waals surface area (Å²) in [5.41, 5.74) is -0.161. The normalized spacial score (nSPS) is 19.0. The van der Waals surface area contributed by atoms with Gasteiger partial charge in [-0.3, -0.25) is 0 Å². The molecule has 1 unspecified atom stereocenters. The van der Waals surface area contributed by atoms with Crippen molar-refractivity contribution in [3.05, 3.63) is 41.5 Å². The molecule has 1 atom stereocenters. The van der Waals surface area contributed by atoms with E-state index < -0.39 is 11.6 Å². The molecule has 1 fully saturated rings. The van der Waals surface area contributed by atoms with Gasteiger partial charge in [0.15, 0.2) is 0 Å². The Morgan fingerprint density at radius 1 is 1.45 bits per heavy atom. The second-order valence-corrected chi connectivity index (χ2v) is 6.06. The third-order valence-corrected chi connectivity index (χ3v) is 4.04. The van der Waals surface area contributed by atoms with Gasteiger partial charge in [0, 0.05) is 6.42 Å². The Labute approximate surface area is 131 Å². The fourth-order valence-electron chi connectivity index (χ4n) is 2.76. The first-order valence-corrected chi connectivity index (χ1v) is 7.76. The predicted octanol–water partition coefficient (Wildman–Crippen LogP) is 3.14. The SMILES string of the molecule is COC(=O)C(C)(F)Cc1cccc(/C=C/C2CCNCC2)c1. The highest BCUT2D eigenvalue weighted by molar-refractivity contribution is 5.79. The number of benzene rings is 1. The number of halogens is 1. The number of rotatable bonds is 5. The lowest BCUT2D eigenvalue weighted by atomic mass is 9.95. The highest BCUT2D eigenvalue weighted by Gasteiger charge is 2.34. The van der Waals surface area contributed by atoms with Crippen LogP contribution in [-0.4, -0.2) is 31.8 Å². The lowest BCUT2D eigenvalue weighted by Crippen LogP contribution is -2.33. The van der Waals surface area contributed by atoms with Crippen LogP contribution in [0.2, 0.25) is 0 Å². The predicted molar refractivity (Wildman–Crippen MR) is 86.3 cm³/mol. The van der Waals surface area contributed by atoms with Crippen LogP contribution >= 0.6 is 0 Å². The monoisotopic (exact) mass is 305 g/mol. The maximum atomic E-state index is 14.3. The molecule has 4 heteroatoms. The maximum Gasteiger partial charge on any atom is 0.343 e. The van der Waals surface area contributed by atoms with Crippen LogP contribution in [-0.2, 0) is 16.0 Å². The number of carbonyl (C=O) groups excluding carboxylic acids is 1. The quantitative estimate of drug-likeness (QED) is 0.849. The number of allylic oxidation sites excluding steroid dienone is 1. The van der Waals surface area contributed by atoms with Gasteiger partial charge in [0.2, 0.25) is 5.67 Å². The van der Waals surface area contributed by atoms with E-state index in [1.807, 2.05) is 24.3 Å². The smallest absolute Gasteiger partial charge is 0.343 e. The summed E-state index contributed by atoms with van der Waals surface area (Å²) in [5, 5.41) is 3.34. The fraction of sp³-hybridized carbons (Fsp3) is 0.500. The molecule has 120 valence electrons. The van der Waals surface area contributed by atoms with Crippen molar-refractivity contribution < 1.29 is 13.9 Å². The van der Waals surface area contributed by atoms with Crippen LogP contribution in [0.5, 0.6) is 0 Å².